The van der Waals surface area contributed by atoms with E-state index >= 15 is 0 Å². The lowest BCUT2D eigenvalue weighted by Gasteiger charge is -2.23. The van der Waals surface area contributed by atoms with Crippen molar-refractivity contribution < 1.29 is 9.13 Å². The first-order valence-corrected chi connectivity index (χ1v) is 9.52. The molecular weight excluding hydrogens is 339 g/mol. The number of ether oxygens (including phenoxy) is 1. The molecule has 7 heteroatoms. The second-order valence-corrected chi connectivity index (χ2v) is 6.90. The van der Waals surface area contributed by atoms with Crippen LogP contribution in [-0.4, -0.2) is 34.1 Å². The Hall–Kier alpha value is -2.12. The predicted octanol–water partition coefficient (Wildman–Crippen LogP) is 4.01. The van der Waals surface area contributed by atoms with Crippen LogP contribution in [0.3, 0.4) is 0 Å². The molecule has 0 spiro atoms. The van der Waals surface area contributed by atoms with Gasteiger partial charge in [-0.25, -0.2) is 9.37 Å². The highest BCUT2D eigenvalue weighted by atomic mass is 32.2. The lowest BCUT2D eigenvalue weighted by molar-refractivity contribution is 0.351. The maximum atomic E-state index is 13.9. The van der Waals surface area contributed by atoms with Gasteiger partial charge in [0.2, 0.25) is 5.88 Å². The topological polar surface area (TPSA) is 52.0 Å². The molecule has 0 unspecified atom stereocenters. The smallest absolute Gasteiger partial charge is 0.219 e. The summed E-state index contributed by atoms with van der Waals surface area (Å²) >= 11 is 1.37. The minimum Gasteiger partial charge on any atom is -0.439 e. The van der Waals surface area contributed by atoms with Crippen LogP contribution >= 0.6 is 11.8 Å². The summed E-state index contributed by atoms with van der Waals surface area (Å²) in [7, 11) is 0. The highest BCUT2D eigenvalue weighted by Crippen LogP contribution is 2.29. The number of rotatable bonds is 4. The molecule has 130 valence electrons. The van der Waals surface area contributed by atoms with Gasteiger partial charge in [0.25, 0.3) is 0 Å². The Labute approximate surface area is 149 Å². The van der Waals surface area contributed by atoms with E-state index in [4.69, 9.17) is 4.74 Å². The standard InChI is InChI=1S/C18H19FN4OS/c1-25-17-3-2-14(9-15(17)19)24-18-8-12-10-22-23(16(12)11-21-18)13-4-6-20-7-5-13/h2-3,8-11,13,20H,4-7H2,1H3. The third kappa shape index (κ3) is 3.34. The fraction of sp³-hybridized carbons (Fsp3) is 0.333. The van der Waals surface area contributed by atoms with Gasteiger partial charge in [0.15, 0.2) is 0 Å². The zero-order valence-corrected chi connectivity index (χ0v) is 14.7. The van der Waals surface area contributed by atoms with Gasteiger partial charge in [-0.2, -0.15) is 5.10 Å². The van der Waals surface area contributed by atoms with Gasteiger partial charge in [-0.3, -0.25) is 4.68 Å². The van der Waals surface area contributed by atoms with Crippen molar-refractivity contribution in [2.75, 3.05) is 19.3 Å². The van der Waals surface area contributed by atoms with Gasteiger partial charge in [-0.05, 0) is 44.3 Å². The molecule has 1 fully saturated rings. The number of pyridine rings is 1. The number of fused-ring (bicyclic) bond motifs is 1. The average molecular weight is 358 g/mol. The molecule has 0 saturated carbocycles. The van der Waals surface area contributed by atoms with Crippen molar-refractivity contribution in [2.24, 2.45) is 0 Å². The number of aromatic nitrogens is 3. The molecule has 1 aromatic carbocycles. The van der Waals surface area contributed by atoms with Crippen LogP contribution < -0.4 is 10.1 Å². The fourth-order valence-electron chi connectivity index (χ4n) is 3.15. The van der Waals surface area contributed by atoms with E-state index in [1.165, 1.54) is 17.8 Å². The molecule has 1 saturated heterocycles. The molecule has 1 N–H and O–H groups in total. The first-order chi connectivity index (χ1) is 12.2. The van der Waals surface area contributed by atoms with Gasteiger partial charge in [0, 0.05) is 22.4 Å². The minimum atomic E-state index is -0.287. The Kier molecular flexibility index (Phi) is 4.59. The van der Waals surface area contributed by atoms with Crippen molar-refractivity contribution in [1.82, 2.24) is 20.1 Å². The number of halogens is 1. The van der Waals surface area contributed by atoms with Gasteiger partial charge >= 0.3 is 0 Å². The van der Waals surface area contributed by atoms with Crippen LogP contribution in [0.1, 0.15) is 18.9 Å². The minimum absolute atomic E-state index is 0.287. The zero-order valence-electron chi connectivity index (χ0n) is 13.9. The number of nitrogens with one attached hydrogen (secondary N) is 1. The molecule has 3 aromatic rings. The maximum absolute atomic E-state index is 13.9. The highest BCUT2D eigenvalue weighted by Gasteiger charge is 2.18. The van der Waals surface area contributed by atoms with E-state index in [2.05, 4.69) is 20.1 Å². The van der Waals surface area contributed by atoms with E-state index in [0.717, 1.165) is 36.8 Å². The van der Waals surface area contributed by atoms with Crippen molar-refractivity contribution in [3.8, 4) is 11.6 Å². The van der Waals surface area contributed by atoms with Gasteiger partial charge in [0.1, 0.15) is 11.6 Å². The average Bonchev–Trinajstić information content (AvgIpc) is 3.06. The second-order valence-electron chi connectivity index (χ2n) is 6.05. The summed E-state index contributed by atoms with van der Waals surface area (Å²) in [5, 5.41) is 8.88. The van der Waals surface area contributed by atoms with Crippen LogP contribution in [0.25, 0.3) is 10.9 Å². The number of hydrogen-bond donors (Lipinski definition) is 1. The van der Waals surface area contributed by atoms with Crippen LogP contribution in [0, 0.1) is 5.82 Å². The van der Waals surface area contributed by atoms with Gasteiger partial charge in [-0.1, -0.05) is 0 Å². The van der Waals surface area contributed by atoms with Crippen LogP contribution in [0.2, 0.25) is 0 Å². The van der Waals surface area contributed by atoms with Gasteiger partial charge < -0.3 is 10.1 Å². The number of hydrogen-bond acceptors (Lipinski definition) is 5. The van der Waals surface area contributed by atoms with Crippen LogP contribution in [0.15, 0.2) is 41.6 Å². The Balaban J connectivity index is 1.58. The molecule has 1 aliphatic heterocycles. The molecule has 0 bridgehead atoms. The van der Waals surface area contributed by atoms with Crippen molar-refractivity contribution in [1.29, 1.82) is 0 Å². The van der Waals surface area contributed by atoms with Crippen molar-refractivity contribution in [2.45, 2.75) is 23.8 Å². The molecule has 2 aromatic heterocycles. The largest absolute Gasteiger partial charge is 0.439 e. The summed E-state index contributed by atoms with van der Waals surface area (Å²) in [5.41, 5.74) is 1.00. The molecule has 0 atom stereocenters. The summed E-state index contributed by atoms with van der Waals surface area (Å²) < 4.78 is 21.6. The fourth-order valence-corrected chi connectivity index (χ4v) is 3.61. The lowest BCUT2D eigenvalue weighted by atomic mass is 10.1. The summed E-state index contributed by atoms with van der Waals surface area (Å²) in [6.07, 6.45) is 7.59. The van der Waals surface area contributed by atoms with Crippen LogP contribution in [0.4, 0.5) is 4.39 Å². The van der Waals surface area contributed by atoms with Crippen LogP contribution in [-0.2, 0) is 0 Å². The summed E-state index contributed by atoms with van der Waals surface area (Å²) in [5.74, 6) is 0.589. The lowest BCUT2D eigenvalue weighted by Crippen LogP contribution is -2.29. The number of thioether (sulfide) groups is 1. The molecular formula is C18H19FN4OS. The molecule has 25 heavy (non-hydrogen) atoms. The SMILES string of the molecule is CSc1ccc(Oc2cc3cnn(C4CCNCC4)c3cn2)cc1F. The third-order valence-electron chi connectivity index (χ3n) is 4.46. The molecule has 0 radical (unpaired) electrons. The predicted molar refractivity (Wildman–Crippen MR) is 96.9 cm³/mol. The Bertz CT molecular complexity index is 892. The van der Waals surface area contributed by atoms with E-state index in [1.54, 1.807) is 18.3 Å². The van der Waals surface area contributed by atoms with Gasteiger partial charge in [0.05, 0.1) is 24.0 Å². The Morgan fingerprint density at radius 3 is 2.84 bits per heavy atom. The monoisotopic (exact) mass is 358 g/mol. The molecule has 3 heterocycles. The van der Waals surface area contributed by atoms with Crippen molar-refractivity contribution in [3.05, 3.63) is 42.5 Å². The van der Waals surface area contributed by atoms with E-state index < -0.39 is 0 Å². The van der Waals surface area contributed by atoms with Gasteiger partial charge in [-0.15, -0.1) is 11.8 Å². The number of benzene rings is 1. The third-order valence-corrected chi connectivity index (χ3v) is 5.23. The Morgan fingerprint density at radius 2 is 2.08 bits per heavy atom. The maximum Gasteiger partial charge on any atom is 0.219 e. The molecule has 0 aliphatic carbocycles. The van der Waals surface area contributed by atoms with Crippen molar-refractivity contribution >= 4 is 22.7 Å². The summed E-state index contributed by atoms with van der Waals surface area (Å²) in [6, 6.07) is 7.10. The first-order valence-electron chi connectivity index (χ1n) is 8.30. The summed E-state index contributed by atoms with van der Waals surface area (Å²) in [4.78, 5) is 4.97. The first kappa shape index (κ1) is 16.4. The number of nitrogens with zero attached hydrogens (tertiary/aromatic N) is 3. The molecule has 5 nitrogen and oxygen atoms in total. The number of piperidine rings is 1. The van der Waals surface area contributed by atoms with E-state index in [9.17, 15) is 4.39 Å². The van der Waals surface area contributed by atoms with E-state index in [-0.39, 0.29) is 5.82 Å². The van der Waals surface area contributed by atoms with Crippen LogP contribution in [0.5, 0.6) is 11.6 Å². The van der Waals surface area contributed by atoms with Crippen molar-refractivity contribution in [3.63, 3.8) is 0 Å². The van der Waals surface area contributed by atoms with E-state index in [0.29, 0.717) is 22.6 Å². The zero-order chi connectivity index (χ0) is 17.2. The molecule has 0 amide bonds. The molecule has 4 rings (SSSR count). The normalized spacial score (nSPS) is 15.6. The Morgan fingerprint density at radius 1 is 1.24 bits per heavy atom. The second kappa shape index (κ2) is 7.01. The summed E-state index contributed by atoms with van der Waals surface area (Å²) in [6.45, 7) is 2.02. The highest BCUT2D eigenvalue weighted by molar-refractivity contribution is 7.98. The van der Waals surface area contributed by atoms with E-state index in [1.807, 2.05) is 18.5 Å². The quantitative estimate of drug-likeness (QED) is 0.714. The molecule has 1 aliphatic rings.